The van der Waals surface area contributed by atoms with Gasteiger partial charge < -0.3 is 15.8 Å². The molecule has 0 radical (unpaired) electrons. The van der Waals surface area contributed by atoms with Gasteiger partial charge in [0.05, 0.1) is 34.9 Å². The molecule has 1 aliphatic heterocycles. The maximum Gasteiger partial charge on any atom is 0.251 e. The summed E-state index contributed by atoms with van der Waals surface area (Å²) in [4.78, 5) is 18.7. The molecule has 32 heavy (non-hydrogen) atoms. The number of pyridine rings is 1. The van der Waals surface area contributed by atoms with E-state index in [2.05, 4.69) is 20.5 Å². The minimum Gasteiger partial charge on any atom is -0.490 e. The first-order valence-electron chi connectivity index (χ1n) is 10.0. The Balaban J connectivity index is 1.36. The fraction of sp³-hybridized carbons (Fsp3) is 0.182. The van der Waals surface area contributed by atoms with Crippen molar-refractivity contribution in [3.63, 3.8) is 0 Å². The largest absolute Gasteiger partial charge is 0.490 e. The highest BCUT2D eigenvalue weighted by atomic mass is 32.1. The lowest BCUT2D eigenvalue weighted by Gasteiger charge is -2.13. The summed E-state index contributed by atoms with van der Waals surface area (Å²) in [5.74, 6) is 1.06. The van der Waals surface area contributed by atoms with E-state index in [1.807, 2.05) is 44.0 Å². The van der Waals surface area contributed by atoms with E-state index in [-0.39, 0.29) is 11.9 Å². The number of nitrogens with zero attached hydrogens (tertiary/aromatic N) is 5. The minimum atomic E-state index is -0.240. The van der Waals surface area contributed by atoms with Gasteiger partial charge in [-0.15, -0.1) is 11.3 Å². The van der Waals surface area contributed by atoms with Gasteiger partial charge >= 0.3 is 0 Å². The Kier molecular flexibility index (Phi) is 3.99. The Hall–Kier alpha value is -3.92. The van der Waals surface area contributed by atoms with Crippen LogP contribution in [0.5, 0.6) is 5.75 Å². The number of amides is 1. The van der Waals surface area contributed by atoms with Crippen molar-refractivity contribution in [2.75, 3.05) is 12.3 Å². The molecule has 1 aliphatic rings. The van der Waals surface area contributed by atoms with E-state index in [0.717, 1.165) is 43.6 Å². The molecular weight excluding hydrogens is 426 g/mol. The molecule has 3 N–H and O–H groups in total. The Morgan fingerprint density at radius 2 is 2.12 bits per heavy atom. The first kappa shape index (κ1) is 18.8. The van der Waals surface area contributed by atoms with Crippen LogP contribution in [0.25, 0.3) is 32.2 Å². The third-order valence-electron chi connectivity index (χ3n) is 5.79. The lowest BCUT2D eigenvalue weighted by molar-refractivity contribution is 0.0930. The number of rotatable bonds is 3. The highest BCUT2D eigenvalue weighted by Crippen LogP contribution is 2.45. The van der Waals surface area contributed by atoms with E-state index in [0.29, 0.717) is 18.0 Å². The van der Waals surface area contributed by atoms with Crippen LogP contribution in [-0.2, 0) is 14.1 Å². The van der Waals surface area contributed by atoms with Gasteiger partial charge in [0, 0.05) is 52.6 Å². The van der Waals surface area contributed by atoms with Crippen molar-refractivity contribution in [1.82, 2.24) is 29.9 Å². The van der Waals surface area contributed by atoms with Gasteiger partial charge in [-0.1, -0.05) is 0 Å². The number of fused-ring (bicyclic) bond motifs is 4. The highest BCUT2D eigenvalue weighted by Gasteiger charge is 2.31. The maximum atomic E-state index is 13.2. The summed E-state index contributed by atoms with van der Waals surface area (Å²) >= 11 is 1.59. The summed E-state index contributed by atoms with van der Waals surface area (Å²) < 4.78 is 9.35. The summed E-state index contributed by atoms with van der Waals surface area (Å²) in [5.41, 5.74) is 10.2. The van der Waals surface area contributed by atoms with E-state index < -0.39 is 0 Å². The lowest BCUT2D eigenvalue weighted by Crippen LogP contribution is -2.29. The van der Waals surface area contributed by atoms with Crippen LogP contribution in [-0.4, -0.2) is 37.1 Å². The van der Waals surface area contributed by atoms with Crippen LogP contribution >= 0.6 is 11.3 Å². The molecule has 1 amide bonds. The van der Waals surface area contributed by atoms with E-state index >= 15 is 0 Å². The molecule has 0 bridgehead atoms. The zero-order valence-corrected chi connectivity index (χ0v) is 18.2. The number of nitrogens with two attached hydrogens (primary N) is 1. The molecule has 5 aromatic rings. The number of hydrogen-bond donors (Lipinski definition) is 2. The van der Waals surface area contributed by atoms with Crippen molar-refractivity contribution in [3.8, 4) is 16.2 Å². The van der Waals surface area contributed by atoms with Crippen LogP contribution in [0.1, 0.15) is 22.0 Å². The molecule has 0 saturated heterocycles. The number of ether oxygens (including phenoxy) is 1. The first-order chi connectivity index (χ1) is 15.5. The summed E-state index contributed by atoms with van der Waals surface area (Å²) in [7, 11) is 3.73. The molecule has 5 heterocycles. The normalized spacial score (nSPS) is 15.2. The predicted octanol–water partition coefficient (Wildman–Crippen LogP) is 3.03. The Morgan fingerprint density at radius 3 is 2.94 bits per heavy atom. The van der Waals surface area contributed by atoms with Crippen molar-refractivity contribution in [2.45, 2.75) is 6.04 Å². The number of carbonyl (C=O) groups excluding carboxylic acids is 1. The number of aryl methyl sites for hydroxylation is 2. The molecule has 1 aromatic carbocycles. The van der Waals surface area contributed by atoms with E-state index in [4.69, 9.17) is 10.5 Å². The smallest absolute Gasteiger partial charge is 0.251 e. The summed E-state index contributed by atoms with van der Waals surface area (Å²) in [6.07, 6.45) is 5.48. The fourth-order valence-electron chi connectivity index (χ4n) is 4.27. The fourth-order valence-corrected chi connectivity index (χ4v) is 5.30. The molecule has 0 spiro atoms. The van der Waals surface area contributed by atoms with Crippen molar-refractivity contribution in [2.24, 2.45) is 14.1 Å². The summed E-state index contributed by atoms with van der Waals surface area (Å²) in [6.45, 7) is 0.398. The summed E-state index contributed by atoms with van der Waals surface area (Å²) in [6, 6.07) is 5.18. The number of anilines is 1. The van der Waals surface area contributed by atoms with Crippen LogP contribution in [0.2, 0.25) is 0 Å². The summed E-state index contributed by atoms with van der Waals surface area (Å²) in [5, 5.41) is 15.3. The Bertz CT molecular complexity index is 1530. The Morgan fingerprint density at radius 1 is 1.25 bits per heavy atom. The molecule has 1 unspecified atom stereocenters. The topological polar surface area (TPSA) is 113 Å². The van der Waals surface area contributed by atoms with E-state index in [9.17, 15) is 4.79 Å². The molecule has 160 valence electrons. The molecule has 1 atom stereocenters. The zero-order valence-electron chi connectivity index (χ0n) is 17.4. The van der Waals surface area contributed by atoms with Crippen molar-refractivity contribution >= 4 is 44.9 Å². The van der Waals surface area contributed by atoms with Crippen LogP contribution in [0.15, 0.2) is 42.2 Å². The molecule has 0 saturated carbocycles. The van der Waals surface area contributed by atoms with Gasteiger partial charge in [-0.25, -0.2) is 4.98 Å². The quantitative estimate of drug-likeness (QED) is 0.441. The predicted molar refractivity (Wildman–Crippen MR) is 123 cm³/mol. The van der Waals surface area contributed by atoms with Crippen LogP contribution in [0.4, 0.5) is 5.82 Å². The van der Waals surface area contributed by atoms with Crippen molar-refractivity contribution in [3.05, 3.63) is 53.3 Å². The van der Waals surface area contributed by atoms with Gasteiger partial charge in [-0.05, 0) is 18.2 Å². The number of nitrogen functional groups attached to an aromatic ring is 1. The molecule has 10 heteroatoms. The van der Waals surface area contributed by atoms with E-state index in [1.54, 1.807) is 33.0 Å². The average Bonchev–Trinajstić information content (AvgIpc) is 3.54. The number of carbonyl (C=O) groups is 1. The van der Waals surface area contributed by atoms with Gasteiger partial charge in [-0.2, -0.15) is 10.2 Å². The molecule has 4 aromatic heterocycles. The second-order valence-electron chi connectivity index (χ2n) is 7.84. The van der Waals surface area contributed by atoms with Crippen molar-refractivity contribution < 1.29 is 9.53 Å². The second-order valence-corrected chi connectivity index (χ2v) is 8.72. The number of hydrogen-bond acceptors (Lipinski definition) is 7. The minimum absolute atomic E-state index is 0.177. The standard InChI is InChI=1S/C22H19N7O2S/c1-28-8-12(6-24-28)20-18-16(9-31-17(18)10-32-20)27-22(30)11-3-4-15-13(5-11)19-14(21(23)26-15)7-25-29(19)2/h3-8,10,16H,9H2,1-2H3,(H2,23,26)(H,27,30). The van der Waals surface area contributed by atoms with Gasteiger partial charge in [0.15, 0.2) is 0 Å². The van der Waals surface area contributed by atoms with Crippen LogP contribution < -0.4 is 15.8 Å². The SMILES string of the molecule is Cn1cc(-c2scc3c2C(NC(=O)c2ccc4nc(N)c5cnn(C)c5c4c2)CO3)cn1. The average molecular weight is 446 g/mol. The van der Waals surface area contributed by atoms with Gasteiger partial charge in [0.2, 0.25) is 0 Å². The zero-order chi connectivity index (χ0) is 22.0. The second kappa shape index (κ2) is 6.79. The van der Waals surface area contributed by atoms with Crippen LogP contribution in [0.3, 0.4) is 0 Å². The highest BCUT2D eigenvalue weighted by molar-refractivity contribution is 7.14. The number of thiophene rings is 1. The molecule has 9 nitrogen and oxygen atoms in total. The van der Waals surface area contributed by atoms with Crippen molar-refractivity contribution in [1.29, 1.82) is 0 Å². The molecule has 6 rings (SSSR count). The molecule has 0 fully saturated rings. The first-order valence-corrected chi connectivity index (χ1v) is 10.9. The molecular formula is C22H19N7O2S. The van der Waals surface area contributed by atoms with Gasteiger partial charge in [0.25, 0.3) is 5.91 Å². The van der Waals surface area contributed by atoms with Crippen LogP contribution in [0, 0.1) is 0 Å². The third-order valence-corrected chi connectivity index (χ3v) is 6.81. The Labute approximate surface area is 186 Å². The van der Waals surface area contributed by atoms with E-state index in [1.165, 1.54) is 0 Å². The lowest BCUT2D eigenvalue weighted by atomic mass is 10.0. The maximum absolute atomic E-state index is 13.2. The monoisotopic (exact) mass is 445 g/mol. The number of nitrogens with one attached hydrogen (secondary N) is 1. The number of benzene rings is 1. The van der Waals surface area contributed by atoms with Gasteiger partial charge in [0.1, 0.15) is 18.2 Å². The number of aromatic nitrogens is 5. The third kappa shape index (κ3) is 2.76. The van der Waals surface area contributed by atoms with Gasteiger partial charge in [-0.3, -0.25) is 14.2 Å². The molecule has 0 aliphatic carbocycles.